The molecule has 5 rings (SSSR count). The van der Waals surface area contributed by atoms with Crippen molar-refractivity contribution in [3.63, 3.8) is 0 Å². The summed E-state index contributed by atoms with van der Waals surface area (Å²) >= 11 is 0. The molecule has 0 atom stereocenters. The van der Waals surface area contributed by atoms with Gasteiger partial charge >= 0.3 is 0 Å². The average molecular weight is 457 g/mol. The minimum absolute atomic E-state index is 0.153. The quantitative estimate of drug-likeness (QED) is 0.426. The fraction of sp³-hybridized carbons (Fsp3) is 0.467. The molecular weight excluding hydrogens is 420 g/mol. The van der Waals surface area contributed by atoms with Gasteiger partial charge in [-0.3, -0.25) is 4.79 Å². The molecule has 4 heteroatoms. The van der Waals surface area contributed by atoms with Gasteiger partial charge in [-0.2, -0.15) is 0 Å². The summed E-state index contributed by atoms with van der Waals surface area (Å²) in [5.74, 6) is 1.11. The van der Waals surface area contributed by atoms with Crippen molar-refractivity contribution in [3.8, 4) is 11.3 Å². The fourth-order valence-corrected chi connectivity index (χ4v) is 5.23. The highest BCUT2D eigenvalue weighted by Crippen LogP contribution is 2.46. The van der Waals surface area contributed by atoms with E-state index in [1.807, 2.05) is 12.1 Å². The van der Waals surface area contributed by atoms with Crippen LogP contribution in [0.1, 0.15) is 82.4 Å². The van der Waals surface area contributed by atoms with Crippen molar-refractivity contribution < 1.29 is 9.21 Å². The summed E-state index contributed by atoms with van der Waals surface area (Å²) < 4.78 is 5.83. The third-order valence-electron chi connectivity index (χ3n) is 8.03. The van der Waals surface area contributed by atoms with Gasteiger partial charge in [-0.1, -0.05) is 58.4 Å². The van der Waals surface area contributed by atoms with E-state index in [0.717, 1.165) is 48.5 Å². The molecule has 1 fully saturated rings. The molecule has 2 aromatic carbocycles. The number of fused-ring (bicyclic) bond motifs is 1. The number of hydrogen-bond donors (Lipinski definition) is 1. The molecule has 0 unspecified atom stereocenters. The molecule has 0 saturated heterocycles. The van der Waals surface area contributed by atoms with E-state index < -0.39 is 0 Å². The van der Waals surface area contributed by atoms with Crippen molar-refractivity contribution in [3.05, 3.63) is 71.3 Å². The molecule has 1 heterocycles. The molecule has 1 aromatic heterocycles. The van der Waals surface area contributed by atoms with Crippen molar-refractivity contribution in [2.75, 3.05) is 5.32 Å². The number of aryl methyl sites for hydroxylation is 2. The summed E-state index contributed by atoms with van der Waals surface area (Å²) in [7, 11) is 0. The van der Waals surface area contributed by atoms with Gasteiger partial charge in [0.15, 0.2) is 5.89 Å². The Morgan fingerprint density at radius 3 is 2.35 bits per heavy atom. The Labute approximate surface area is 203 Å². The lowest BCUT2D eigenvalue weighted by atomic mass is 9.63. The third kappa shape index (κ3) is 4.55. The Balaban J connectivity index is 1.24. The third-order valence-corrected chi connectivity index (χ3v) is 8.03. The molecule has 34 heavy (non-hydrogen) atoms. The number of nitrogens with one attached hydrogen (secondary N) is 1. The van der Waals surface area contributed by atoms with Crippen LogP contribution >= 0.6 is 0 Å². The van der Waals surface area contributed by atoms with Crippen molar-refractivity contribution in [2.45, 2.75) is 83.5 Å². The number of anilines is 1. The lowest BCUT2D eigenvalue weighted by molar-refractivity contribution is -0.122. The number of aromatic nitrogens is 1. The molecule has 1 N–H and O–H groups in total. The molecule has 4 nitrogen and oxygen atoms in total. The fourth-order valence-electron chi connectivity index (χ4n) is 5.23. The molecule has 0 radical (unpaired) electrons. The minimum Gasteiger partial charge on any atom is -0.448 e. The highest BCUT2D eigenvalue weighted by molar-refractivity contribution is 5.93. The molecule has 2 aliphatic rings. The van der Waals surface area contributed by atoms with Gasteiger partial charge in [-0.05, 0) is 77.8 Å². The Kier molecular flexibility index (Phi) is 5.87. The zero-order valence-electron chi connectivity index (χ0n) is 20.9. The van der Waals surface area contributed by atoms with Crippen molar-refractivity contribution in [2.24, 2.45) is 5.92 Å². The lowest BCUT2D eigenvalue weighted by Gasteiger charge is -2.42. The smallest absolute Gasteiger partial charge is 0.227 e. The first kappa shape index (κ1) is 22.9. The van der Waals surface area contributed by atoms with Crippen LogP contribution in [0.15, 0.2) is 53.1 Å². The topological polar surface area (TPSA) is 55.1 Å². The molecular formula is C30H36N2O2. The Morgan fingerprint density at radius 1 is 0.971 bits per heavy atom. The number of carbonyl (C=O) groups excluding carboxylic acids is 1. The van der Waals surface area contributed by atoms with E-state index in [1.54, 1.807) is 6.26 Å². The summed E-state index contributed by atoms with van der Waals surface area (Å²) in [5.41, 5.74) is 7.41. The Bertz CT molecular complexity index is 1180. The van der Waals surface area contributed by atoms with Crippen LogP contribution in [0.4, 0.5) is 5.69 Å². The van der Waals surface area contributed by atoms with Gasteiger partial charge in [-0.15, -0.1) is 0 Å². The maximum Gasteiger partial charge on any atom is 0.227 e. The summed E-state index contributed by atoms with van der Waals surface area (Å²) in [6.07, 6.45) is 9.00. The van der Waals surface area contributed by atoms with E-state index in [-0.39, 0.29) is 22.7 Å². The Morgan fingerprint density at radius 2 is 1.68 bits per heavy atom. The van der Waals surface area contributed by atoms with Crippen LogP contribution in [0.2, 0.25) is 0 Å². The van der Waals surface area contributed by atoms with Crippen LogP contribution < -0.4 is 5.32 Å². The standard InChI is InChI=1S/C30H36N2O2/c1-29(2)16-17-30(3,4)25-18-22(11-14-24(25)29)26-19-34-27(32-26)15-10-20-8-12-23(13-9-20)31-28(33)21-6-5-7-21/h8-9,11-14,18-19,21H,5-7,10,15-17H2,1-4H3,(H,31,33). The van der Waals surface area contributed by atoms with Crippen molar-refractivity contribution >= 4 is 11.6 Å². The van der Waals surface area contributed by atoms with Gasteiger partial charge in [-0.25, -0.2) is 4.98 Å². The second-order valence-corrected chi connectivity index (χ2v) is 11.5. The van der Waals surface area contributed by atoms with E-state index in [9.17, 15) is 4.79 Å². The summed E-state index contributed by atoms with van der Waals surface area (Å²) in [6.45, 7) is 9.40. The maximum absolute atomic E-state index is 12.1. The first-order valence-electron chi connectivity index (χ1n) is 12.7. The molecule has 0 bridgehead atoms. The summed E-state index contributed by atoms with van der Waals surface area (Å²) in [4.78, 5) is 16.9. The predicted molar refractivity (Wildman–Crippen MR) is 137 cm³/mol. The van der Waals surface area contributed by atoms with E-state index in [4.69, 9.17) is 9.40 Å². The lowest BCUT2D eigenvalue weighted by Crippen LogP contribution is -2.33. The first-order valence-corrected chi connectivity index (χ1v) is 12.7. The zero-order valence-corrected chi connectivity index (χ0v) is 20.9. The highest BCUT2D eigenvalue weighted by atomic mass is 16.3. The molecule has 1 amide bonds. The Hall–Kier alpha value is -2.88. The molecule has 2 aliphatic carbocycles. The molecule has 0 aliphatic heterocycles. The van der Waals surface area contributed by atoms with Gasteiger partial charge in [0.25, 0.3) is 0 Å². The number of amides is 1. The van der Waals surface area contributed by atoms with E-state index in [0.29, 0.717) is 0 Å². The van der Waals surface area contributed by atoms with Crippen LogP contribution in [0.3, 0.4) is 0 Å². The molecule has 178 valence electrons. The van der Waals surface area contributed by atoms with Gasteiger partial charge in [0.05, 0.1) is 0 Å². The number of oxazole rings is 1. The van der Waals surface area contributed by atoms with Crippen LogP contribution in [-0.4, -0.2) is 10.9 Å². The van der Waals surface area contributed by atoms with Crippen molar-refractivity contribution in [1.29, 1.82) is 0 Å². The maximum atomic E-state index is 12.1. The van der Waals surface area contributed by atoms with E-state index in [1.165, 1.54) is 36.0 Å². The number of carbonyl (C=O) groups is 1. The van der Waals surface area contributed by atoms with Crippen molar-refractivity contribution in [1.82, 2.24) is 4.98 Å². The zero-order chi connectivity index (χ0) is 23.9. The highest BCUT2D eigenvalue weighted by Gasteiger charge is 2.37. The monoisotopic (exact) mass is 456 g/mol. The second kappa shape index (κ2) is 8.72. The normalized spacial score (nSPS) is 18.7. The van der Waals surface area contributed by atoms with Gasteiger partial charge in [0.1, 0.15) is 12.0 Å². The summed E-state index contributed by atoms with van der Waals surface area (Å²) in [6, 6.07) is 15.0. The molecule has 0 spiro atoms. The molecule has 1 saturated carbocycles. The van der Waals surface area contributed by atoms with Crippen LogP contribution in [0.25, 0.3) is 11.3 Å². The SMILES string of the molecule is CC1(C)CCC(C)(C)c2cc(-c3coc(CCc4ccc(NC(=O)C5CCC5)cc4)n3)ccc21. The van der Waals surface area contributed by atoms with Crippen LogP contribution in [0.5, 0.6) is 0 Å². The molecule has 3 aromatic rings. The number of benzene rings is 2. The number of hydrogen-bond acceptors (Lipinski definition) is 3. The van der Waals surface area contributed by atoms with Crippen LogP contribution in [0, 0.1) is 5.92 Å². The van der Waals surface area contributed by atoms with Gasteiger partial charge in [0, 0.05) is 23.6 Å². The first-order chi connectivity index (χ1) is 16.2. The summed E-state index contributed by atoms with van der Waals surface area (Å²) in [5, 5.41) is 3.03. The van der Waals surface area contributed by atoms with Gasteiger partial charge in [0.2, 0.25) is 5.91 Å². The number of rotatable bonds is 6. The second-order valence-electron chi connectivity index (χ2n) is 11.5. The van der Waals surface area contributed by atoms with E-state index >= 15 is 0 Å². The minimum atomic E-state index is 0.153. The largest absolute Gasteiger partial charge is 0.448 e. The average Bonchev–Trinajstić information content (AvgIpc) is 3.24. The van der Waals surface area contributed by atoms with E-state index in [2.05, 4.69) is 63.3 Å². The number of nitrogens with zero attached hydrogens (tertiary/aromatic N) is 1. The van der Waals surface area contributed by atoms with Crippen LogP contribution in [-0.2, 0) is 28.5 Å². The van der Waals surface area contributed by atoms with Gasteiger partial charge < -0.3 is 9.73 Å². The predicted octanol–water partition coefficient (Wildman–Crippen LogP) is 7.21.